The van der Waals surface area contributed by atoms with Crippen molar-refractivity contribution in [3.63, 3.8) is 0 Å². The average Bonchev–Trinajstić information content (AvgIpc) is 2.23. The number of hydrogen-bond acceptors (Lipinski definition) is 4. The molecule has 0 radical (unpaired) electrons. The van der Waals surface area contributed by atoms with Crippen LogP contribution in [-0.4, -0.2) is 40.5 Å². The Morgan fingerprint density at radius 3 is 2.33 bits per heavy atom. The summed E-state index contributed by atoms with van der Waals surface area (Å²) in [6.45, 7) is 4.95. The zero-order chi connectivity index (χ0) is 16.4. The van der Waals surface area contributed by atoms with Gasteiger partial charge in [0.25, 0.3) is 0 Å². The minimum absolute atomic E-state index is 0.0120. The molecule has 1 rings (SSSR count). The number of rotatable bonds is 6. The van der Waals surface area contributed by atoms with Crippen LogP contribution in [0, 0.1) is 5.41 Å². The number of nitrogens with zero attached hydrogens (tertiary/aromatic N) is 1. The molecule has 0 aliphatic carbocycles. The van der Waals surface area contributed by atoms with Gasteiger partial charge in [-0.2, -0.15) is 0 Å². The number of nitrogens with two attached hydrogens (primary N) is 1. The molecule has 0 saturated carbocycles. The monoisotopic (exact) mass is 353 g/mol. The van der Waals surface area contributed by atoms with Crippen molar-refractivity contribution in [2.24, 2.45) is 5.41 Å². The molecule has 0 aliphatic heterocycles. The van der Waals surface area contributed by atoms with Gasteiger partial charge < -0.3 is 10.6 Å². The highest BCUT2D eigenvalue weighted by molar-refractivity contribution is 7.89. The molecular weight excluding hydrogens is 333 g/mol. The summed E-state index contributed by atoms with van der Waals surface area (Å²) in [5.41, 5.74) is 5.53. The molecule has 3 N–H and O–H groups in total. The van der Waals surface area contributed by atoms with Crippen LogP contribution in [0.3, 0.4) is 0 Å². The Labute approximate surface area is 136 Å². The summed E-state index contributed by atoms with van der Waals surface area (Å²) in [4.78, 5) is 1.87. The van der Waals surface area contributed by atoms with Crippen molar-refractivity contribution in [1.82, 2.24) is 9.62 Å². The lowest BCUT2D eigenvalue weighted by molar-refractivity contribution is 0.242. The zero-order valence-corrected chi connectivity index (χ0v) is 14.9. The molecule has 0 spiro atoms. The standard InChI is InChI=1S/C13H21Cl2N3O2S/c1-13(2,8-18(3)4)7-17-21(19,20)12-10(15)5-9(14)6-11(12)16/h5-6,17H,7-8,16H2,1-4H3. The first kappa shape index (κ1) is 18.5. The molecule has 0 fully saturated rings. The molecule has 0 bridgehead atoms. The Morgan fingerprint density at radius 2 is 1.86 bits per heavy atom. The van der Waals surface area contributed by atoms with E-state index in [-0.39, 0.29) is 27.6 Å². The van der Waals surface area contributed by atoms with Crippen molar-refractivity contribution in [3.8, 4) is 0 Å². The van der Waals surface area contributed by atoms with Crippen LogP contribution in [-0.2, 0) is 10.0 Å². The molecule has 0 atom stereocenters. The Balaban J connectivity index is 2.98. The topological polar surface area (TPSA) is 75.4 Å². The molecule has 0 amide bonds. The number of nitrogen functional groups attached to an aromatic ring is 1. The van der Waals surface area contributed by atoms with Gasteiger partial charge in [-0.3, -0.25) is 0 Å². The molecule has 21 heavy (non-hydrogen) atoms. The third-order valence-corrected chi connectivity index (χ3v) is 4.94. The number of benzene rings is 1. The van der Waals surface area contributed by atoms with Gasteiger partial charge in [0.15, 0.2) is 0 Å². The minimum atomic E-state index is -3.79. The highest BCUT2D eigenvalue weighted by atomic mass is 35.5. The van der Waals surface area contributed by atoms with E-state index in [1.807, 2.05) is 32.8 Å². The fourth-order valence-electron chi connectivity index (χ4n) is 2.14. The molecule has 120 valence electrons. The molecule has 0 aromatic heterocycles. The molecule has 0 unspecified atom stereocenters. The molecule has 1 aromatic carbocycles. The van der Waals surface area contributed by atoms with Gasteiger partial charge in [0.1, 0.15) is 4.90 Å². The first-order valence-electron chi connectivity index (χ1n) is 6.33. The van der Waals surface area contributed by atoms with Crippen LogP contribution < -0.4 is 10.5 Å². The van der Waals surface area contributed by atoms with E-state index in [2.05, 4.69) is 4.72 Å². The average molecular weight is 354 g/mol. The lowest BCUT2D eigenvalue weighted by atomic mass is 9.93. The summed E-state index contributed by atoms with van der Waals surface area (Å²) in [5, 5.41) is 0.308. The fraction of sp³-hybridized carbons (Fsp3) is 0.538. The highest BCUT2D eigenvalue weighted by Gasteiger charge is 2.26. The quantitative estimate of drug-likeness (QED) is 0.770. The summed E-state index contributed by atoms with van der Waals surface area (Å²) in [6.07, 6.45) is 0. The Kier molecular flexibility index (Phi) is 5.91. The SMILES string of the molecule is CN(C)CC(C)(C)CNS(=O)(=O)c1c(N)cc(Cl)cc1Cl. The molecule has 0 aliphatic rings. The van der Waals surface area contributed by atoms with Crippen LogP contribution in [0.2, 0.25) is 10.0 Å². The first-order chi connectivity index (χ1) is 9.44. The summed E-state index contributed by atoms with van der Waals surface area (Å²) < 4.78 is 27.3. The molecule has 0 saturated heterocycles. The first-order valence-corrected chi connectivity index (χ1v) is 8.57. The second kappa shape index (κ2) is 6.71. The van der Waals surface area contributed by atoms with E-state index in [4.69, 9.17) is 28.9 Å². The van der Waals surface area contributed by atoms with Crippen molar-refractivity contribution >= 4 is 38.9 Å². The van der Waals surface area contributed by atoms with E-state index in [9.17, 15) is 8.42 Å². The maximum absolute atomic E-state index is 12.4. The number of sulfonamides is 1. The number of nitrogens with one attached hydrogen (secondary N) is 1. The molecule has 5 nitrogen and oxygen atoms in total. The van der Waals surface area contributed by atoms with Crippen molar-refractivity contribution < 1.29 is 8.42 Å². The largest absolute Gasteiger partial charge is 0.398 e. The normalized spacial score (nSPS) is 12.9. The maximum atomic E-state index is 12.4. The van der Waals surface area contributed by atoms with Crippen molar-refractivity contribution in [2.45, 2.75) is 18.7 Å². The van der Waals surface area contributed by atoms with Crippen molar-refractivity contribution in [3.05, 3.63) is 22.2 Å². The van der Waals surface area contributed by atoms with Crippen LogP contribution in [0.1, 0.15) is 13.8 Å². The fourth-order valence-corrected chi connectivity index (χ4v) is 4.36. The van der Waals surface area contributed by atoms with Gasteiger partial charge in [0.2, 0.25) is 10.0 Å². The molecular formula is C13H21Cl2N3O2S. The van der Waals surface area contributed by atoms with Gasteiger partial charge in [-0.25, -0.2) is 13.1 Å². The third-order valence-electron chi connectivity index (χ3n) is 2.79. The minimum Gasteiger partial charge on any atom is -0.398 e. The molecule has 8 heteroatoms. The predicted molar refractivity (Wildman–Crippen MR) is 88.4 cm³/mol. The van der Waals surface area contributed by atoms with E-state index in [0.29, 0.717) is 5.02 Å². The van der Waals surface area contributed by atoms with Gasteiger partial charge in [-0.15, -0.1) is 0 Å². The summed E-state index contributed by atoms with van der Waals surface area (Å²) in [5.74, 6) is 0. The number of halogens is 2. The number of hydrogen-bond donors (Lipinski definition) is 2. The molecule has 1 aromatic rings. The van der Waals surface area contributed by atoms with Gasteiger partial charge >= 0.3 is 0 Å². The van der Waals surface area contributed by atoms with Gasteiger partial charge in [0, 0.05) is 18.1 Å². The summed E-state index contributed by atoms with van der Waals surface area (Å²) >= 11 is 11.8. The smallest absolute Gasteiger partial charge is 0.244 e. The lowest BCUT2D eigenvalue weighted by Gasteiger charge is -2.28. The Morgan fingerprint density at radius 1 is 1.29 bits per heavy atom. The summed E-state index contributed by atoms with van der Waals surface area (Å²) in [6, 6.07) is 2.73. The Hall–Kier alpha value is -0.530. The lowest BCUT2D eigenvalue weighted by Crippen LogP contribution is -2.40. The van der Waals surface area contributed by atoms with E-state index >= 15 is 0 Å². The van der Waals surface area contributed by atoms with Crippen LogP contribution in [0.15, 0.2) is 17.0 Å². The van der Waals surface area contributed by atoms with E-state index in [1.54, 1.807) is 0 Å². The van der Waals surface area contributed by atoms with Crippen molar-refractivity contribution in [1.29, 1.82) is 0 Å². The summed E-state index contributed by atoms with van der Waals surface area (Å²) in [7, 11) is 0.0782. The van der Waals surface area contributed by atoms with Crippen LogP contribution in [0.25, 0.3) is 0 Å². The highest BCUT2D eigenvalue weighted by Crippen LogP contribution is 2.31. The van der Waals surface area contributed by atoms with Crippen LogP contribution in [0.4, 0.5) is 5.69 Å². The van der Waals surface area contributed by atoms with Crippen LogP contribution >= 0.6 is 23.2 Å². The van der Waals surface area contributed by atoms with Gasteiger partial charge in [-0.1, -0.05) is 37.0 Å². The Bertz CT molecular complexity index is 593. The molecule has 0 heterocycles. The van der Waals surface area contributed by atoms with Crippen LogP contribution in [0.5, 0.6) is 0 Å². The van der Waals surface area contributed by atoms with Crippen molar-refractivity contribution in [2.75, 3.05) is 32.9 Å². The maximum Gasteiger partial charge on any atom is 0.244 e. The second-order valence-corrected chi connectivity index (χ2v) is 8.58. The number of anilines is 1. The van der Waals surface area contributed by atoms with E-state index in [0.717, 1.165) is 6.54 Å². The zero-order valence-electron chi connectivity index (χ0n) is 12.6. The van der Waals surface area contributed by atoms with E-state index in [1.165, 1.54) is 12.1 Å². The predicted octanol–water partition coefficient (Wildman–Crippen LogP) is 2.44. The second-order valence-electron chi connectivity index (χ2n) is 6.03. The van der Waals surface area contributed by atoms with Gasteiger partial charge in [0.05, 0.1) is 10.7 Å². The van der Waals surface area contributed by atoms with Gasteiger partial charge in [-0.05, 0) is 31.6 Å². The van der Waals surface area contributed by atoms with E-state index < -0.39 is 10.0 Å². The third kappa shape index (κ3) is 5.30.